The van der Waals surface area contributed by atoms with Crippen LogP contribution in [0.1, 0.15) is 18.2 Å². The Hall–Kier alpha value is -4.27. The average Bonchev–Trinajstić information content (AvgIpc) is 3.10. The highest BCUT2D eigenvalue weighted by molar-refractivity contribution is 5.97. The van der Waals surface area contributed by atoms with Crippen LogP contribution in [0.3, 0.4) is 0 Å². The van der Waals surface area contributed by atoms with Crippen LogP contribution >= 0.6 is 0 Å². The molecule has 4 aromatic rings. The van der Waals surface area contributed by atoms with Crippen LogP contribution in [-0.4, -0.2) is 32.2 Å². The van der Waals surface area contributed by atoms with Crippen molar-refractivity contribution in [3.05, 3.63) is 76.1 Å². The molecule has 2 aromatic carbocycles. The first-order valence-electron chi connectivity index (χ1n) is 10.5. The molecule has 1 N–H and O–H groups in total. The van der Waals surface area contributed by atoms with E-state index in [1.54, 1.807) is 19.2 Å². The van der Waals surface area contributed by atoms with E-state index in [9.17, 15) is 14.9 Å². The standard InChI is InChI=1S/C24H23N5O4/c1-4-33-18-9-10-20(21(13-18)29(31)32)26-22(30)14-28-24-23(16(3)27-28)19(11-12-25-24)17-7-5-15(2)6-8-17/h5-13H,4,14H2,1-3H3,(H,26,30). The quantitative estimate of drug-likeness (QED) is 0.327. The summed E-state index contributed by atoms with van der Waals surface area (Å²) >= 11 is 0. The van der Waals surface area contributed by atoms with Crippen LogP contribution in [0.4, 0.5) is 11.4 Å². The molecule has 0 unspecified atom stereocenters. The lowest BCUT2D eigenvalue weighted by molar-refractivity contribution is -0.384. The maximum Gasteiger partial charge on any atom is 0.296 e. The predicted octanol–water partition coefficient (Wildman–Crippen LogP) is 4.66. The second kappa shape index (κ2) is 9.07. The largest absolute Gasteiger partial charge is 0.494 e. The molecule has 0 saturated heterocycles. The molecular weight excluding hydrogens is 422 g/mol. The van der Waals surface area contributed by atoms with E-state index < -0.39 is 10.8 Å². The van der Waals surface area contributed by atoms with Gasteiger partial charge in [0.05, 0.1) is 23.3 Å². The fraction of sp³-hybridized carbons (Fsp3) is 0.208. The molecule has 33 heavy (non-hydrogen) atoms. The van der Waals surface area contributed by atoms with Gasteiger partial charge in [-0.3, -0.25) is 14.9 Å². The number of amides is 1. The van der Waals surface area contributed by atoms with Gasteiger partial charge in [-0.25, -0.2) is 9.67 Å². The maximum absolute atomic E-state index is 12.8. The average molecular weight is 445 g/mol. The number of pyridine rings is 1. The molecule has 0 bridgehead atoms. The Balaban J connectivity index is 1.62. The smallest absolute Gasteiger partial charge is 0.296 e. The number of nitrogens with zero attached hydrogens (tertiary/aromatic N) is 4. The van der Waals surface area contributed by atoms with Crippen molar-refractivity contribution >= 4 is 28.3 Å². The summed E-state index contributed by atoms with van der Waals surface area (Å²) < 4.78 is 6.83. The van der Waals surface area contributed by atoms with Crippen molar-refractivity contribution in [2.45, 2.75) is 27.3 Å². The van der Waals surface area contributed by atoms with Crippen molar-refractivity contribution in [1.29, 1.82) is 0 Å². The van der Waals surface area contributed by atoms with Crippen molar-refractivity contribution in [3.63, 3.8) is 0 Å². The summed E-state index contributed by atoms with van der Waals surface area (Å²) in [6.45, 7) is 5.93. The van der Waals surface area contributed by atoms with Crippen LogP contribution in [0.5, 0.6) is 5.75 Å². The summed E-state index contributed by atoms with van der Waals surface area (Å²) in [4.78, 5) is 28.1. The number of nitro groups is 1. The van der Waals surface area contributed by atoms with E-state index in [2.05, 4.69) is 15.4 Å². The zero-order valence-corrected chi connectivity index (χ0v) is 18.5. The number of aryl methyl sites for hydroxylation is 2. The second-order valence-corrected chi connectivity index (χ2v) is 7.58. The van der Waals surface area contributed by atoms with Crippen molar-refractivity contribution in [2.75, 3.05) is 11.9 Å². The minimum atomic E-state index is -0.555. The number of carbonyl (C=O) groups is 1. The number of aromatic nitrogens is 3. The van der Waals surface area contributed by atoms with E-state index in [4.69, 9.17) is 4.74 Å². The molecule has 9 heteroatoms. The van der Waals surface area contributed by atoms with Gasteiger partial charge in [-0.15, -0.1) is 0 Å². The van der Waals surface area contributed by atoms with Gasteiger partial charge in [0, 0.05) is 11.6 Å². The molecule has 0 atom stereocenters. The Labute approximate surface area is 190 Å². The van der Waals surface area contributed by atoms with Crippen LogP contribution < -0.4 is 10.1 Å². The minimum absolute atomic E-state index is 0.0925. The number of rotatable bonds is 7. The summed E-state index contributed by atoms with van der Waals surface area (Å²) in [6.07, 6.45) is 1.68. The SMILES string of the molecule is CCOc1ccc(NC(=O)Cn2nc(C)c3c(-c4ccc(C)cc4)ccnc32)c([N+](=O)[O-])c1. The highest BCUT2D eigenvalue weighted by Gasteiger charge is 2.20. The Morgan fingerprint density at radius 3 is 2.61 bits per heavy atom. The number of benzene rings is 2. The molecule has 0 aliphatic carbocycles. The second-order valence-electron chi connectivity index (χ2n) is 7.58. The van der Waals surface area contributed by atoms with E-state index in [0.29, 0.717) is 18.0 Å². The molecule has 0 saturated carbocycles. The molecule has 0 spiro atoms. The maximum atomic E-state index is 12.8. The van der Waals surface area contributed by atoms with Gasteiger partial charge in [-0.2, -0.15) is 5.10 Å². The zero-order chi connectivity index (χ0) is 23.5. The fourth-order valence-electron chi connectivity index (χ4n) is 3.72. The molecule has 1 amide bonds. The van der Waals surface area contributed by atoms with Crippen LogP contribution in [0.15, 0.2) is 54.7 Å². The molecule has 0 radical (unpaired) electrons. The summed E-state index contributed by atoms with van der Waals surface area (Å²) in [6, 6.07) is 14.4. The fourth-order valence-corrected chi connectivity index (χ4v) is 3.72. The monoisotopic (exact) mass is 445 g/mol. The number of hydrogen-bond acceptors (Lipinski definition) is 6. The van der Waals surface area contributed by atoms with Crippen LogP contribution in [0, 0.1) is 24.0 Å². The normalized spacial score (nSPS) is 10.9. The van der Waals surface area contributed by atoms with Gasteiger partial charge in [0.1, 0.15) is 18.0 Å². The number of fused-ring (bicyclic) bond motifs is 1. The molecule has 2 aromatic heterocycles. The Kier molecular flexibility index (Phi) is 6.03. The van der Waals surface area contributed by atoms with Crippen LogP contribution in [-0.2, 0) is 11.3 Å². The van der Waals surface area contributed by atoms with E-state index in [-0.39, 0.29) is 17.9 Å². The van der Waals surface area contributed by atoms with Crippen molar-refractivity contribution in [2.24, 2.45) is 0 Å². The van der Waals surface area contributed by atoms with E-state index in [1.165, 1.54) is 16.8 Å². The molecule has 168 valence electrons. The van der Waals surface area contributed by atoms with Gasteiger partial charge >= 0.3 is 0 Å². The Bertz CT molecular complexity index is 1350. The van der Waals surface area contributed by atoms with Crippen molar-refractivity contribution < 1.29 is 14.5 Å². The Morgan fingerprint density at radius 1 is 1.15 bits per heavy atom. The van der Waals surface area contributed by atoms with Gasteiger partial charge in [0.2, 0.25) is 5.91 Å². The van der Waals surface area contributed by atoms with Gasteiger partial charge in [-0.05, 0) is 50.1 Å². The lowest BCUT2D eigenvalue weighted by Crippen LogP contribution is -2.20. The van der Waals surface area contributed by atoms with Gasteiger partial charge < -0.3 is 10.1 Å². The first-order chi connectivity index (χ1) is 15.9. The number of nitro benzene ring substituents is 1. The van der Waals surface area contributed by atoms with E-state index in [0.717, 1.165) is 27.8 Å². The first kappa shape index (κ1) is 21.9. The highest BCUT2D eigenvalue weighted by Crippen LogP contribution is 2.31. The summed E-state index contributed by atoms with van der Waals surface area (Å²) in [5, 5.41) is 19.4. The van der Waals surface area contributed by atoms with Crippen LogP contribution in [0.25, 0.3) is 22.2 Å². The zero-order valence-electron chi connectivity index (χ0n) is 18.5. The van der Waals surface area contributed by atoms with E-state index >= 15 is 0 Å². The van der Waals surface area contributed by atoms with Gasteiger partial charge in [0.25, 0.3) is 5.69 Å². The lowest BCUT2D eigenvalue weighted by atomic mass is 10.0. The number of nitrogens with one attached hydrogen (secondary N) is 1. The number of ether oxygens (including phenoxy) is 1. The summed E-state index contributed by atoms with van der Waals surface area (Å²) in [5.74, 6) is -0.0853. The Morgan fingerprint density at radius 2 is 1.91 bits per heavy atom. The molecule has 0 fully saturated rings. The van der Waals surface area contributed by atoms with Gasteiger partial charge in [-0.1, -0.05) is 29.8 Å². The third kappa shape index (κ3) is 4.52. The third-order valence-corrected chi connectivity index (χ3v) is 5.21. The molecule has 0 aliphatic heterocycles. The lowest BCUT2D eigenvalue weighted by Gasteiger charge is -2.09. The van der Waals surface area contributed by atoms with Crippen molar-refractivity contribution in [3.8, 4) is 16.9 Å². The summed E-state index contributed by atoms with van der Waals surface area (Å²) in [7, 11) is 0. The highest BCUT2D eigenvalue weighted by atomic mass is 16.6. The molecule has 4 rings (SSSR count). The number of carbonyl (C=O) groups excluding carboxylic acids is 1. The van der Waals surface area contributed by atoms with Crippen molar-refractivity contribution in [1.82, 2.24) is 14.8 Å². The van der Waals surface area contributed by atoms with E-state index in [1.807, 2.05) is 44.2 Å². The molecule has 2 heterocycles. The number of anilines is 1. The summed E-state index contributed by atoms with van der Waals surface area (Å²) in [5.41, 5.74) is 4.34. The minimum Gasteiger partial charge on any atom is -0.494 e. The topological polar surface area (TPSA) is 112 Å². The molecule has 9 nitrogen and oxygen atoms in total. The first-order valence-corrected chi connectivity index (χ1v) is 10.5. The number of hydrogen-bond donors (Lipinski definition) is 1. The van der Waals surface area contributed by atoms with Gasteiger partial charge in [0.15, 0.2) is 5.65 Å². The molecular formula is C24H23N5O4. The predicted molar refractivity (Wildman–Crippen MR) is 125 cm³/mol. The third-order valence-electron chi connectivity index (χ3n) is 5.21. The molecule has 0 aliphatic rings. The van der Waals surface area contributed by atoms with Crippen LogP contribution in [0.2, 0.25) is 0 Å².